The lowest BCUT2D eigenvalue weighted by molar-refractivity contribution is -0.131. The molecule has 3 rings (SSSR count). The van der Waals surface area contributed by atoms with Crippen LogP contribution >= 0.6 is 0 Å². The zero-order chi connectivity index (χ0) is 17.3. The first kappa shape index (κ1) is 16.3. The highest BCUT2D eigenvalue weighted by Crippen LogP contribution is 2.25. The van der Waals surface area contributed by atoms with Gasteiger partial charge in [0.25, 0.3) is 0 Å². The van der Waals surface area contributed by atoms with Crippen molar-refractivity contribution in [1.29, 1.82) is 0 Å². The smallest absolute Gasteiger partial charge is 0.352 e. The average molecular weight is 331 g/mol. The Kier molecular flexibility index (Phi) is 4.42. The minimum absolute atomic E-state index is 0.0637. The molecule has 128 valence electrons. The molecule has 0 aliphatic carbocycles. The highest BCUT2D eigenvalue weighted by atomic mass is 16.5. The third kappa shape index (κ3) is 3.06. The zero-order valence-corrected chi connectivity index (χ0v) is 13.9. The van der Waals surface area contributed by atoms with Crippen molar-refractivity contribution >= 4 is 11.9 Å². The molecular formula is C17H21N3O4. The number of amides is 1. The summed E-state index contributed by atoms with van der Waals surface area (Å²) in [5, 5.41) is 13.1. The van der Waals surface area contributed by atoms with Gasteiger partial charge in [-0.05, 0) is 38.8 Å². The van der Waals surface area contributed by atoms with E-state index in [9.17, 15) is 14.7 Å². The molecular weight excluding hydrogens is 310 g/mol. The van der Waals surface area contributed by atoms with Crippen molar-refractivity contribution in [2.75, 3.05) is 13.1 Å². The first-order valence-electron chi connectivity index (χ1n) is 8.07. The van der Waals surface area contributed by atoms with Crippen molar-refractivity contribution in [3.63, 3.8) is 0 Å². The van der Waals surface area contributed by atoms with Gasteiger partial charge in [0.05, 0.1) is 12.1 Å². The van der Waals surface area contributed by atoms with Gasteiger partial charge in [0.15, 0.2) is 0 Å². The van der Waals surface area contributed by atoms with E-state index in [2.05, 4.69) is 5.16 Å². The van der Waals surface area contributed by atoms with Crippen molar-refractivity contribution in [2.24, 2.45) is 0 Å². The second-order valence-corrected chi connectivity index (χ2v) is 6.20. The first-order chi connectivity index (χ1) is 11.5. The first-order valence-corrected chi connectivity index (χ1v) is 8.07. The SMILES string of the molecule is Cc1noc(C)c1CC(=O)N1CCC(n2cccc2C(=O)O)CC1. The number of piperidine rings is 1. The monoisotopic (exact) mass is 331 g/mol. The molecule has 1 fully saturated rings. The summed E-state index contributed by atoms with van der Waals surface area (Å²) in [6.45, 7) is 4.91. The molecule has 1 aliphatic rings. The number of nitrogens with zero attached hydrogens (tertiary/aromatic N) is 3. The van der Waals surface area contributed by atoms with E-state index in [4.69, 9.17) is 4.52 Å². The molecule has 0 aromatic carbocycles. The van der Waals surface area contributed by atoms with Crippen LogP contribution in [0.4, 0.5) is 0 Å². The van der Waals surface area contributed by atoms with Gasteiger partial charge in [0.1, 0.15) is 11.5 Å². The third-order valence-electron chi connectivity index (χ3n) is 4.72. The van der Waals surface area contributed by atoms with Crippen molar-refractivity contribution in [3.05, 3.63) is 41.0 Å². The number of carboxylic acid groups (broad SMARTS) is 1. The Bertz CT molecular complexity index is 734. The summed E-state index contributed by atoms with van der Waals surface area (Å²) in [7, 11) is 0. The molecule has 1 amide bonds. The zero-order valence-electron chi connectivity index (χ0n) is 13.9. The van der Waals surface area contributed by atoms with Crippen LogP contribution in [0.1, 0.15) is 46.4 Å². The summed E-state index contributed by atoms with van der Waals surface area (Å²) in [5.74, 6) is -0.167. The van der Waals surface area contributed by atoms with Crippen LogP contribution in [0.2, 0.25) is 0 Å². The highest BCUT2D eigenvalue weighted by molar-refractivity contribution is 5.85. The summed E-state index contributed by atoms with van der Waals surface area (Å²) in [5.41, 5.74) is 1.92. The van der Waals surface area contributed by atoms with Crippen LogP contribution in [-0.2, 0) is 11.2 Å². The third-order valence-corrected chi connectivity index (χ3v) is 4.72. The molecule has 7 heteroatoms. The lowest BCUT2D eigenvalue weighted by Gasteiger charge is -2.33. The predicted molar refractivity (Wildman–Crippen MR) is 85.9 cm³/mol. The molecule has 0 radical (unpaired) electrons. The molecule has 24 heavy (non-hydrogen) atoms. The second-order valence-electron chi connectivity index (χ2n) is 6.20. The molecule has 0 bridgehead atoms. The van der Waals surface area contributed by atoms with Gasteiger partial charge >= 0.3 is 5.97 Å². The summed E-state index contributed by atoms with van der Waals surface area (Å²) < 4.78 is 6.91. The molecule has 1 aliphatic heterocycles. The largest absolute Gasteiger partial charge is 0.477 e. The molecule has 2 aromatic heterocycles. The number of hydrogen-bond donors (Lipinski definition) is 1. The van der Waals surface area contributed by atoms with Gasteiger partial charge in [0, 0.05) is 30.9 Å². The fraction of sp³-hybridized carbons (Fsp3) is 0.471. The van der Waals surface area contributed by atoms with Gasteiger partial charge < -0.3 is 19.1 Å². The lowest BCUT2D eigenvalue weighted by atomic mass is 10.0. The van der Waals surface area contributed by atoms with Crippen LogP contribution in [0.15, 0.2) is 22.9 Å². The molecule has 0 atom stereocenters. The van der Waals surface area contributed by atoms with E-state index in [1.807, 2.05) is 18.7 Å². The topological polar surface area (TPSA) is 88.6 Å². The van der Waals surface area contributed by atoms with Gasteiger partial charge in [-0.2, -0.15) is 0 Å². The number of aromatic nitrogens is 2. The van der Waals surface area contributed by atoms with Gasteiger partial charge in [-0.1, -0.05) is 5.16 Å². The van der Waals surface area contributed by atoms with E-state index < -0.39 is 5.97 Å². The number of aromatic carboxylic acids is 1. The Morgan fingerprint density at radius 2 is 2.04 bits per heavy atom. The average Bonchev–Trinajstić information content (AvgIpc) is 3.17. The maximum absolute atomic E-state index is 12.5. The Balaban J connectivity index is 1.61. The molecule has 2 aromatic rings. The number of likely N-dealkylation sites (tertiary alicyclic amines) is 1. The van der Waals surface area contributed by atoms with Crippen LogP contribution in [0.5, 0.6) is 0 Å². The van der Waals surface area contributed by atoms with E-state index in [0.29, 0.717) is 31.0 Å². The second kappa shape index (κ2) is 6.51. The van der Waals surface area contributed by atoms with Crippen molar-refractivity contribution in [3.8, 4) is 0 Å². The highest BCUT2D eigenvalue weighted by Gasteiger charge is 2.26. The van der Waals surface area contributed by atoms with Crippen LogP contribution in [0, 0.1) is 13.8 Å². The number of aryl methyl sites for hydroxylation is 2. The lowest BCUT2D eigenvalue weighted by Crippen LogP contribution is -2.40. The fourth-order valence-corrected chi connectivity index (χ4v) is 3.30. The molecule has 0 saturated carbocycles. The van der Waals surface area contributed by atoms with Crippen molar-refractivity contribution in [1.82, 2.24) is 14.6 Å². The molecule has 1 N–H and O–H groups in total. The number of carbonyl (C=O) groups excluding carboxylic acids is 1. The van der Waals surface area contributed by atoms with Crippen LogP contribution in [0.3, 0.4) is 0 Å². The van der Waals surface area contributed by atoms with Crippen molar-refractivity contribution < 1.29 is 19.2 Å². The standard InChI is InChI=1S/C17H21N3O4/c1-11-14(12(2)24-18-11)10-16(21)19-8-5-13(6-9-19)20-7-3-4-15(20)17(22)23/h3-4,7,13H,5-6,8-10H2,1-2H3,(H,22,23). The maximum atomic E-state index is 12.5. The van der Waals surface area contributed by atoms with E-state index >= 15 is 0 Å². The minimum Gasteiger partial charge on any atom is -0.477 e. The number of carboxylic acids is 1. The Morgan fingerprint density at radius 3 is 2.62 bits per heavy atom. The Morgan fingerprint density at radius 1 is 1.33 bits per heavy atom. The normalized spacial score (nSPS) is 15.7. The van der Waals surface area contributed by atoms with E-state index in [1.54, 1.807) is 22.9 Å². The van der Waals surface area contributed by atoms with E-state index in [1.165, 1.54) is 0 Å². The van der Waals surface area contributed by atoms with Crippen LogP contribution < -0.4 is 0 Å². The molecule has 3 heterocycles. The molecule has 1 saturated heterocycles. The summed E-state index contributed by atoms with van der Waals surface area (Å²) in [6.07, 6.45) is 3.61. The Hall–Kier alpha value is -2.57. The van der Waals surface area contributed by atoms with Gasteiger partial charge in [0.2, 0.25) is 5.91 Å². The van der Waals surface area contributed by atoms with Crippen LogP contribution in [0.25, 0.3) is 0 Å². The fourth-order valence-electron chi connectivity index (χ4n) is 3.30. The van der Waals surface area contributed by atoms with E-state index in [0.717, 1.165) is 24.1 Å². The van der Waals surface area contributed by atoms with Crippen molar-refractivity contribution in [2.45, 2.75) is 39.2 Å². The molecule has 7 nitrogen and oxygen atoms in total. The van der Waals surface area contributed by atoms with Crippen LogP contribution in [-0.4, -0.2) is 44.7 Å². The summed E-state index contributed by atoms with van der Waals surface area (Å²) in [6, 6.07) is 3.48. The van der Waals surface area contributed by atoms with Gasteiger partial charge in [-0.25, -0.2) is 4.79 Å². The minimum atomic E-state index is -0.920. The number of rotatable bonds is 4. The molecule has 0 unspecified atom stereocenters. The quantitative estimate of drug-likeness (QED) is 0.928. The van der Waals surface area contributed by atoms with Gasteiger partial charge in [-0.15, -0.1) is 0 Å². The van der Waals surface area contributed by atoms with Gasteiger partial charge in [-0.3, -0.25) is 4.79 Å². The molecule has 0 spiro atoms. The number of hydrogen-bond acceptors (Lipinski definition) is 4. The summed E-state index contributed by atoms with van der Waals surface area (Å²) >= 11 is 0. The van der Waals surface area contributed by atoms with E-state index in [-0.39, 0.29) is 11.9 Å². The Labute approximate surface area is 139 Å². The summed E-state index contributed by atoms with van der Waals surface area (Å²) in [4.78, 5) is 25.6. The number of carbonyl (C=O) groups is 2. The maximum Gasteiger partial charge on any atom is 0.352 e. The predicted octanol–water partition coefficient (Wildman–Crippen LogP) is 2.20.